The fourth-order valence-electron chi connectivity index (χ4n) is 3.27. The van der Waals surface area contributed by atoms with E-state index in [2.05, 4.69) is 5.32 Å². The largest absolute Gasteiger partial charge is 0.341 e. The first kappa shape index (κ1) is 22.1. The summed E-state index contributed by atoms with van der Waals surface area (Å²) in [6, 6.07) is 11.6. The van der Waals surface area contributed by atoms with Gasteiger partial charge in [-0.15, -0.1) is 0 Å². The summed E-state index contributed by atoms with van der Waals surface area (Å²) in [6.45, 7) is 2.70. The monoisotopic (exact) mass is 427 g/mol. The van der Waals surface area contributed by atoms with E-state index < -0.39 is 23.6 Å². The van der Waals surface area contributed by atoms with E-state index in [1.807, 2.05) is 30.3 Å². The molecule has 1 atom stereocenters. The fraction of sp³-hybridized carbons (Fsp3) is 0.261. The molecule has 2 aromatic carbocycles. The van der Waals surface area contributed by atoms with Crippen molar-refractivity contribution < 1.29 is 23.2 Å². The second kappa shape index (κ2) is 9.97. The number of nitrogens with zero attached hydrogens (tertiary/aromatic N) is 2. The summed E-state index contributed by atoms with van der Waals surface area (Å²) in [4.78, 5) is 40.2. The van der Waals surface area contributed by atoms with Crippen LogP contribution in [0.4, 0.5) is 8.78 Å². The summed E-state index contributed by atoms with van der Waals surface area (Å²) in [7, 11) is 0. The zero-order valence-corrected chi connectivity index (χ0v) is 17.1. The van der Waals surface area contributed by atoms with Crippen LogP contribution in [-0.4, -0.2) is 59.7 Å². The molecule has 1 N–H and O–H groups in total. The predicted molar refractivity (Wildman–Crippen MR) is 112 cm³/mol. The van der Waals surface area contributed by atoms with Gasteiger partial charge in [-0.3, -0.25) is 14.4 Å². The molecule has 8 heteroatoms. The highest BCUT2D eigenvalue weighted by Crippen LogP contribution is 2.13. The molecule has 0 aliphatic carbocycles. The van der Waals surface area contributed by atoms with Crippen molar-refractivity contribution in [1.29, 1.82) is 0 Å². The lowest BCUT2D eigenvalue weighted by Crippen LogP contribution is -2.55. The van der Waals surface area contributed by atoms with Crippen LogP contribution in [0.2, 0.25) is 0 Å². The van der Waals surface area contributed by atoms with Gasteiger partial charge in [0.25, 0.3) is 5.91 Å². The van der Waals surface area contributed by atoms with Crippen LogP contribution in [-0.2, 0) is 9.59 Å². The summed E-state index contributed by atoms with van der Waals surface area (Å²) in [6.07, 6.45) is 3.03. The first-order valence-corrected chi connectivity index (χ1v) is 9.92. The first-order chi connectivity index (χ1) is 14.8. The van der Waals surface area contributed by atoms with E-state index in [9.17, 15) is 23.2 Å². The molecule has 162 valence electrons. The van der Waals surface area contributed by atoms with Gasteiger partial charge >= 0.3 is 0 Å². The van der Waals surface area contributed by atoms with Crippen LogP contribution in [0.25, 0.3) is 6.08 Å². The van der Waals surface area contributed by atoms with Gasteiger partial charge in [-0.1, -0.05) is 30.3 Å². The van der Waals surface area contributed by atoms with E-state index in [4.69, 9.17) is 0 Å². The van der Waals surface area contributed by atoms with E-state index in [1.165, 1.54) is 17.0 Å². The van der Waals surface area contributed by atoms with Gasteiger partial charge < -0.3 is 15.1 Å². The van der Waals surface area contributed by atoms with Crippen molar-refractivity contribution in [2.75, 3.05) is 26.2 Å². The Kier molecular flexibility index (Phi) is 7.12. The van der Waals surface area contributed by atoms with E-state index >= 15 is 0 Å². The Morgan fingerprint density at radius 3 is 2.23 bits per heavy atom. The zero-order valence-electron chi connectivity index (χ0n) is 17.1. The van der Waals surface area contributed by atoms with Crippen LogP contribution < -0.4 is 5.32 Å². The normalized spacial score (nSPS) is 15.1. The van der Waals surface area contributed by atoms with E-state index in [0.29, 0.717) is 0 Å². The number of amides is 3. The minimum Gasteiger partial charge on any atom is -0.341 e. The fourth-order valence-corrected chi connectivity index (χ4v) is 3.27. The summed E-state index contributed by atoms with van der Waals surface area (Å²) in [5, 5.41) is 2.64. The second-order valence-corrected chi connectivity index (χ2v) is 7.22. The van der Waals surface area contributed by atoms with Crippen LogP contribution in [0.15, 0.2) is 54.6 Å². The number of benzene rings is 2. The van der Waals surface area contributed by atoms with Crippen LogP contribution in [0.5, 0.6) is 0 Å². The van der Waals surface area contributed by atoms with Gasteiger partial charge in [-0.05, 0) is 36.8 Å². The molecule has 3 amide bonds. The van der Waals surface area contributed by atoms with Crippen LogP contribution in [0.3, 0.4) is 0 Å². The van der Waals surface area contributed by atoms with Gasteiger partial charge in [0.1, 0.15) is 6.04 Å². The topological polar surface area (TPSA) is 69.7 Å². The Morgan fingerprint density at radius 2 is 1.58 bits per heavy atom. The standard InChI is InChI=1S/C23H23F2N3O3/c1-16(26-21(29)10-7-17-5-3-2-4-6-17)22(30)27-11-13-28(14-12-27)23(31)18-8-9-19(24)20(25)15-18/h2-10,15-16H,11-14H2,1H3,(H,26,29)/b10-7+. The molecule has 6 nitrogen and oxygen atoms in total. The second-order valence-electron chi connectivity index (χ2n) is 7.22. The number of carbonyl (C=O) groups is 3. The van der Waals surface area contributed by atoms with Crippen molar-refractivity contribution in [1.82, 2.24) is 15.1 Å². The number of halogens is 2. The molecule has 0 saturated carbocycles. The van der Waals surface area contributed by atoms with Crippen LogP contribution >= 0.6 is 0 Å². The Bertz CT molecular complexity index is 987. The van der Waals surface area contributed by atoms with Crippen molar-refractivity contribution in [2.45, 2.75) is 13.0 Å². The third-order valence-electron chi connectivity index (χ3n) is 5.00. The van der Waals surface area contributed by atoms with Crippen LogP contribution in [0.1, 0.15) is 22.8 Å². The molecule has 1 fully saturated rings. The van der Waals surface area contributed by atoms with Gasteiger partial charge in [0.2, 0.25) is 11.8 Å². The van der Waals surface area contributed by atoms with Crippen molar-refractivity contribution in [3.05, 3.63) is 77.4 Å². The maximum absolute atomic E-state index is 13.4. The van der Waals surface area contributed by atoms with Gasteiger partial charge in [0.15, 0.2) is 11.6 Å². The molecule has 1 unspecified atom stereocenters. The van der Waals surface area contributed by atoms with Gasteiger partial charge in [-0.25, -0.2) is 8.78 Å². The van der Waals surface area contributed by atoms with Crippen molar-refractivity contribution >= 4 is 23.8 Å². The number of hydrogen-bond acceptors (Lipinski definition) is 3. The molecule has 1 aliphatic rings. The summed E-state index contributed by atoms with van der Waals surface area (Å²) < 4.78 is 26.4. The lowest BCUT2D eigenvalue weighted by atomic mass is 10.1. The van der Waals surface area contributed by atoms with Crippen molar-refractivity contribution in [3.63, 3.8) is 0 Å². The first-order valence-electron chi connectivity index (χ1n) is 9.92. The van der Waals surface area contributed by atoms with Crippen molar-refractivity contribution in [3.8, 4) is 0 Å². The lowest BCUT2D eigenvalue weighted by Gasteiger charge is -2.36. The number of nitrogens with one attached hydrogen (secondary N) is 1. The average molecular weight is 427 g/mol. The van der Waals surface area contributed by atoms with Crippen molar-refractivity contribution in [2.24, 2.45) is 0 Å². The van der Waals surface area contributed by atoms with Crippen LogP contribution in [0, 0.1) is 11.6 Å². The molecular formula is C23H23F2N3O3. The average Bonchev–Trinajstić information content (AvgIpc) is 2.79. The molecule has 0 radical (unpaired) electrons. The Balaban J connectivity index is 1.49. The van der Waals surface area contributed by atoms with Gasteiger partial charge in [0.05, 0.1) is 0 Å². The molecule has 1 aliphatic heterocycles. The number of piperazine rings is 1. The smallest absolute Gasteiger partial charge is 0.254 e. The summed E-state index contributed by atoms with van der Waals surface area (Å²) in [5.74, 6) is -3.14. The third-order valence-corrected chi connectivity index (χ3v) is 5.00. The predicted octanol–water partition coefficient (Wildman–Crippen LogP) is 2.47. The quantitative estimate of drug-likeness (QED) is 0.746. The maximum atomic E-state index is 13.4. The molecule has 2 aromatic rings. The van der Waals surface area contributed by atoms with E-state index in [-0.39, 0.29) is 43.6 Å². The molecule has 0 spiro atoms. The molecule has 1 heterocycles. The Hall–Kier alpha value is -3.55. The lowest BCUT2D eigenvalue weighted by molar-refractivity contribution is -0.136. The molecule has 31 heavy (non-hydrogen) atoms. The highest BCUT2D eigenvalue weighted by Gasteiger charge is 2.28. The number of rotatable bonds is 5. The molecule has 1 saturated heterocycles. The highest BCUT2D eigenvalue weighted by atomic mass is 19.2. The summed E-state index contributed by atoms with van der Waals surface area (Å²) in [5.41, 5.74) is 0.933. The third kappa shape index (κ3) is 5.75. The van der Waals surface area contributed by atoms with E-state index in [0.717, 1.165) is 17.7 Å². The highest BCUT2D eigenvalue weighted by molar-refractivity contribution is 5.96. The SMILES string of the molecule is CC(NC(=O)/C=C/c1ccccc1)C(=O)N1CCN(C(=O)c2ccc(F)c(F)c2)CC1. The number of carbonyl (C=O) groups excluding carboxylic acids is 3. The number of hydrogen-bond donors (Lipinski definition) is 1. The maximum Gasteiger partial charge on any atom is 0.254 e. The minimum absolute atomic E-state index is 0.0597. The molecule has 0 bridgehead atoms. The minimum atomic E-state index is -1.08. The molecular weight excluding hydrogens is 404 g/mol. The Morgan fingerprint density at radius 1 is 0.935 bits per heavy atom. The molecule has 0 aromatic heterocycles. The molecule has 3 rings (SSSR count). The Labute approximate surface area is 179 Å². The summed E-state index contributed by atoms with van der Waals surface area (Å²) >= 11 is 0. The van der Waals surface area contributed by atoms with Gasteiger partial charge in [0, 0.05) is 37.8 Å². The van der Waals surface area contributed by atoms with E-state index in [1.54, 1.807) is 17.9 Å². The zero-order chi connectivity index (χ0) is 22.4. The van der Waals surface area contributed by atoms with Gasteiger partial charge in [-0.2, -0.15) is 0 Å².